The van der Waals surface area contributed by atoms with Gasteiger partial charge in [0.15, 0.2) is 0 Å². The van der Waals surface area contributed by atoms with Gasteiger partial charge in [0.05, 0.1) is 11.9 Å². The van der Waals surface area contributed by atoms with Gasteiger partial charge < -0.3 is 10.5 Å². The third kappa shape index (κ3) is 3.50. The van der Waals surface area contributed by atoms with Crippen molar-refractivity contribution in [3.05, 3.63) is 59.5 Å². The number of esters is 1. The Balaban J connectivity index is 1.63. The van der Waals surface area contributed by atoms with Crippen molar-refractivity contribution in [2.75, 3.05) is 5.73 Å². The molecule has 0 spiro atoms. The molecular formula is C17H16N6O2. The van der Waals surface area contributed by atoms with Crippen molar-refractivity contribution in [2.24, 2.45) is 0 Å². The molecular weight excluding hydrogens is 320 g/mol. The number of nitrogen functional groups attached to an aromatic ring is 1. The molecule has 0 bridgehead atoms. The number of carbonyl (C=O) groups is 1. The van der Waals surface area contributed by atoms with Crippen molar-refractivity contribution in [3.8, 4) is 11.8 Å². The molecule has 0 amide bonds. The Hall–Kier alpha value is -3.60. The molecule has 0 aliphatic rings. The molecule has 3 aromatic rings. The molecule has 3 rings (SSSR count). The van der Waals surface area contributed by atoms with Crippen LogP contribution in [0, 0.1) is 18.3 Å². The number of nitrogens with zero attached hydrogens (tertiary/aromatic N) is 5. The second kappa shape index (κ2) is 6.88. The zero-order chi connectivity index (χ0) is 17.8. The van der Waals surface area contributed by atoms with E-state index in [9.17, 15) is 4.79 Å². The second-order valence-electron chi connectivity index (χ2n) is 5.40. The summed E-state index contributed by atoms with van der Waals surface area (Å²) in [6.45, 7) is 1.82. The molecule has 0 saturated carbocycles. The number of anilines is 1. The molecule has 0 aliphatic heterocycles. The van der Waals surface area contributed by atoms with Crippen LogP contribution >= 0.6 is 0 Å². The van der Waals surface area contributed by atoms with E-state index in [1.807, 2.05) is 49.4 Å². The lowest BCUT2D eigenvalue weighted by molar-refractivity contribution is -0.146. The number of nitrogens with two attached hydrogens (primary N) is 1. The molecule has 2 aromatic heterocycles. The molecule has 0 radical (unpaired) electrons. The molecule has 0 fully saturated rings. The first-order valence-electron chi connectivity index (χ1n) is 7.56. The molecule has 0 atom stereocenters. The van der Waals surface area contributed by atoms with Gasteiger partial charge in [-0.05, 0) is 25.1 Å². The first-order valence-corrected chi connectivity index (χ1v) is 7.56. The minimum Gasteiger partial charge on any atom is -0.458 e. The summed E-state index contributed by atoms with van der Waals surface area (Å²) in [5.74, 6) is -0.366. The van der Waals surface area contributed by atoms with Crippen molar-refractivity contribution < 1.29 is 9.53 Å². The highest BCUT2D eigenvalue weighted by Gasteiger charge is 2.13. The SMILES string of the molecule is Cc1cc(COC(=O)Cn2ncc(C#N)c2N)nn1-c1ccccc1. The van der Waals surface area contributed by atoms with Gasteiger partial charge in [0.2, 0.25) is 0 Å². The Bertz CT molecular complexity index is 936. The third-order valence-corrected chi connectivity index (χ3v) is 3.60. The van der Waals surface area contributed by atoms with Gasteiger partial charge in [0.25, 0.3) is 0 Å². The number of para-hydroxylation sites is 1. The molecule has 25 heavy (non-hydrogen) atoms. The van der Waals surface area contributed by atoms with Crippen LogP contribution in [0.2, 0.25) is 0 Å². The summed E-state index contributed by atoms with van der Waals surface area (Å²) in [6.07, 6.45) is 1.31. The van der Waals surface area contributed by atoms with Gasteiger partial charge in [-0.25, -0.2) is 9.36 Å². The molecule has 2 heterocycles. The number of aromatic nitrogens is 4. The molecule has 0 aliphatic carbocycles. The molecule has 2 N–H and O–H groups in total. The number of aryl methyl sites for hydroxylation is 1. The van der Waals surface area contributed by atoms with E-state index in [2.05, 4.69) is 10.2 Å². The lowest BCUT2D eigenvalue weighted by Crippen LogP contribution is -2.16. The van der Waals surface area contributed by atoms with E-state index in [4.69, 9.17) is 15.7 Å². The van der Waals surface area contributed by atoms with Gasteiger partial charge in [-0.2, -0.15) is 15.5 Å². The standard InChI is InChI=1S/C17H16N6O2/c1-12-7-14(21-23(12)15-5-3-2-4-6-15)11-25-16(24)10-22-17(19)13(8-18)9-20-22/h2-7,9H,10-11,19H2,1H3. The molecule has 0 saturated heterocycles. The summed E-state index contributed by atoms with van der Waals surface area (Å²) >= 11 is 0. The summed E-state index contributed by atoms with van der Waals surface area (Å²) in [4.78, 5) is 11.9. The molecule has 0 unspecified atom stereocenters. The zero-order valence-electron chi connectivity index (χ0n) is 13.6. The van der Waals surface area contributed by atoms with E-state index >= 15 is 0 Å². The highest BCUT2D eigenvalue weighted by atomic mass is 16.5. The first kappa shape index (κ1) is 16.3. The minimum absolute atomic E-state index is 0.0474. The zero-order valence-corrected chi connectivity index (χ0v) is 13.6. The van der Waals surface area contributed by atoms with Crippen LogP contribution in [0.1, 0.15) is 17.0 Å². The number of carbonyl (C=O) groups excluding carboxylic acids is 1. The lowest BCUT2D eigenvalue weighted by atomic mass is 10.3. The van der Waals surface area contributed by atoms with Crippen molar-refractivity contribution in [2.45, 2.75) is 20.1 Å². The summed E-state index contributed by atoms with van der Waals surface area (Å²) in [5.41, 5.74) is 8.45. The van der Waals surface area contributed by atoms with E-state index in [-0.39, 0.29) is 24.5 Å². The Morgan fingerprint density at radius 3 is 2.80 bits per heavy atom. The fourth-order valence-corrected chi connectivity index (χ4v) is 2.37. The average Bonchev–Trinajstić information content (AvgIpc) is 3.17. The van der Waals surface area contributed by atoms with Gasteiger partial charge >= 0.3 is 5.97 Å². The highest BCUT2D eigenvalue weighted by molar-refractivity contribution is 5.70. The largest absolute Gasteiger partial charge is 0.458 e. The van der Waals surface area contributed by atoms with E-state index in [1.165, 1.54) is 10.9 Å². The monoisotopic (exact) mass is 336 g/mol. The van der Waals surface area contributed by atoms with Gasteiger partial charge in [-0.3, -0.25) is 4.79 Å². The van der Waals surface area contributed by atoms with E-state index in [0.717, 1.165) is 11.4 Å². The molecule has 8 nitrogen and oxygen atoms in total. The van der Waals surface area contributed by atoms with Crippen LogP contribution in [-0.4, -0.2) is 25.5 Å². The van der Waals surface area contributed by atoms with E-state index < -0.39 is 5.97 Å². The van der Waals surface area contributed by atoms with Gasteiger partial charge in [0, 0.05) is 5.69 Å². The number of nitriles is 1. The number of hydrogen-bond acceptors (Lipinski definition) is 6. The normalized spacial score (nSPS) is 10.4. The van der Waals surface area contributed by atoms with E-state index in [1.54, 1.807) is 4.68 Å². The fraction of sp³-hybridized carbons (Fsp3) is 0.176. The summed E-state index contributed by atoms with van der Waals surface area (Å²) in [5, 5.41) is 17.2. The second-order valence-corrected chi connectivity index (χ2v) is 5.40. The smallest absolute Gasteiger partial charge is 0.328 e. The van der Waals surface area contributed by atoms with Crippen LogP contribution in [0.5, 0.6) is 0 Å². The minimum atomic E-state index is -0.508. The van der Waals surface area contributed by atoms with Crippen molar-refractivity contribution in [1.82, 2.24) is 19.6 Å². The average molecular weight is 336 g/mol. The summed E-state index contributed by atoms with van der Waals surface area (Å²) in [7, 11) is 0. The van der Waals surface area contributed by atoms with Gasteiger partial charge in [0.1, 0.15) is 36.3 Å². The first-order chi connectivity index (χ1) is 12.1. The van der Waals surface area contributed by atoms with Crippen LogP contribution in [-0.2, 0) is 22.7 Å². The Morgan fingerprint density at radius 2 is 2.12 bits per heavy atom. The van der Waals surface area contributed by atoms with Gasteiger partial charge in [-0.15, -0.1) is 0 Å². The fourth-order valence-electron chi connectivity index (χ4n) is 2.37. The summed E-state index contributed by atoms with van der Waals surface area (Å²) in [6, 6.07) is 13.4. The van der Waals surface area contributed by atoms with Crippen molar-refractivity contribution in [1.29, 1.82) is 5.26 Å². The van der Waals surface area contributed by atoms with Gasteiger partial charge in [-0.1, -0.05) is 18.2 Å². The maximum absolute atomic E-state index is 11.9. The maximum Gasteiger partial charge on any atom is 0.328 e. The Kier molecular flexibility index (Phi) is 4.48. The topological polar surface area (TPSA) is 112 Å². The quantitative estimate of drug-likeness (QED) is 0.708. The third-order valence-electron chi connectivity index (χ3n) is 3.60. The number of benzene rings is 1. The Morgan fingerprint density at radius 1 is 1.36 bits per heavy atom. The van der Waals surface area contributed by atoms with Crippen molar-refractivity contribution in [3.63, 3.8) is 0 Å². The van der Waals surface area contributed by atoms with Crippen LogP contribution < -0.4 is 5.73 Å². The summed E-state index contributed by atoms with van der Waals surface area (Å²) < 4.78 is 8.24. The number of ether oxygens (including phenoxy) is 1. The maximum atomic E-state index is 11.9. The van der Waals surface area contributed by atoms with E-state index in [0.29, 0.717) is 5.69 Å². The predicted octanol–water partition coefficient (Wildman–Crippen LogP) is 1.57. The molecule has 1 aromatic carbocycles. The lowest BCUT2D eigenvalue weighted by Gasteiger charge is -2.05. The van der Waals surface area contributed by atoms with Crippen LogP contribution in [0.4, 0.5) is 5.82 Å². The molecule has 8 heteroatoms. The Labute approximate surface area is 144 Å². The van der Waals surface area contributed by atoms with Crippen LogP contribution in [0.25, 0.3) is 5.69 Å². The van der Waals surface area contributed by atoms with Crippen LogP contribution in [0.3, 0.4) is 0 Å². The van der Waals surface area contributed by atoms with Crippen LogP contribution in [0.15, 0.2) is 42.6 Å². The molecule has 126 valence electrons. The predicted molar refractivity (Wildman–Crippen MR) is 89.5 cm³/mol. The van der Waals surface area contributed by atoms with Crippen molar-refractivity contribution >= 4 is 11.8 Å². The number of hydrogen-bond donors (Lipinski definition) is 1. The highest BCUT2D eigenvalue weighted by Crippen LogP contribution is 2.13. The number of rotatable bonds is 5.